The van der Waals surface area contributed by atoms with Gasteiger partial charge in [0.05, 0.1) is 0 Å². The summed E-state index contributed by atoms with van der Waals surface area (Å²) < 4.78 is 0. The van der Waals surface area contributed by atoms with Gasteiger partial charge >= 0.3 is 0 Å². The number of aliphatic hydroxyl groups excluding tert-OH is 1. The van der Waals surface area contributed by atoms with Crippen LogP contribution in [0.5, 0.6) is 0 Å². The maximum atomic E-state index is 8.76. The molecular weight excluding hydrogens is 168 g/mol. The number of aliphatic hydroxyl groups is 1. The average Bonchev–Trinajstić information content (AvgIpc) is 2.10. The van der Waals surface area contributed by atoms with Crippen LogP contribution in [-0.4, -0.2) is 23.2 Å². The van der Waals surface area contributed by atoms with Crippen LogP contribution in [0.2, 0.25) is 0 Å². The third-order valence-electron chi connectivity index (χ3n) is 1.86. The summed E-state index contributed by atoms with van der Waals surface area (Å²) in [5.74, 6) is 2.86. The molecule has 0 spiro atoms. The highest BCUT2D eigenvalue weighted by Crippen LogP contribution is 2.11. The fourth-order valence-corrected chi connectivity index (χ4v) is 2.05. The normalized spacial score (nSPS) is 13.2. The van der Waals surface area contributed by atoms with Crippen LogP contribution >= 0.6 is 11.8 Å². The molecule has 74 valence electrons. The number of rotatable bonds is 8. The van der Waals surface area contributed by atoms with E-state index in [-0.39, 0.29) is 0 Å². The largest absolute Gasteiger partial charge is 0.396 e. The first kappa shape index (κ1) is 12.3. The molecule has 1 N–H and O–H groups in total. The third-order valence-corrected chi connectivity index (χ3v) is 3.24. The van der Waals surface area contributed by atoms with Crippen molar-refractivity contribution in [3.8, 4) is 0 Å². The first-order valence-electron chi connectivity index (χ1n) is 4.99. The van der Waals surface area contributed by atoms with E-state index in [1.54, 1.807) is 0 Å². The Morgan fingerprint density at radius 1 is 1.25 bits per heavy atom. The predicted octanol–water partition coefficient (Wildman–Crippen LogP) is 2.93. The number of hydrogen-bond donors (Lipinski definition) is 1. The summed E-state index contributed by atoms with van der Waals surface area (Å²) in [6.07, 6.45) is 5.40. The highest BCUT2D eigenvalue weighted by atomic mass is 32.2. The molecular formula is C10H22OS. The molecule has 0 saturated heterocycles. The summed E-state index contributed by atoms with van der Waals surface area (Å²) in [5.41, 5.74) is 0. The van der Waals surface area contributed by atoms with Gasteiger partial charge in [-0.25, -0.2) is 0 Å². The van der Waals surface area contributed by atoms with Crippen molar-refractivity contribution in [1.29, 1.82) is 0 Å². The average molecular weight is 190 g/mol. The summed E-state index contributed by atoms with van der Waals surface area (Å²) in [4.78, 5) is 0. The van der Waals surface area contributed by atoms with E-state index in [9.17, 15) is 0 Å². The van der Waals surface area contributed by atoms with Gasteiger partial charge in [0.1, 0.15) is 0 Å². The van der Waals surface area contributed by atoms with E-state index in [0.717, 1.165) is 5.75 Å². The highest BCUT2D eigenvalue weighted by Gasteiger charge is 1.98. The van der Waals surface area contributed by atoms with Crippen molar-refractivity contribution in [2.75, 3.05) is 18.1 Å². The van der Waals surface area contributed by atoms with Crippen molar-refractivity contribution >= 4 is 11.8 Å². The molecule has 0 aromatic carbocycles. The maximum absolute atomic E-state index is 8.76. The van der Waals surface area contributed by atoms with Gasteiger partial charge in [0.15, 0.2) is 0 Å². The van der Waals surface area contributed by atoms with Gasteiger partial charge in [0, 0.05) is 6.61 Å². The van der Waals surface area contributed by atoms with E-state index in [2.05, 4.69) is 13.8 Å². The fraction of sp³-hybridized carbons (Fsp3) is 1.00. The fourth-order valence-electron chi connectivity index (χ4n) is 0.968. The van der Waals surface area contributed by atoms with Crippen LogP contribution in [0.15, 0.2) is 0 Å². The molecule has 1 nitrogen and oxygen atoms in total. The van der Waals surface area contributed by atoms with Crippen molar-refractivity contribution in [3.05, 3.63) is 0 Å². The van der Waals surface area contributed by atoms with Crippen LogP contribution in [0.1, 0.15) is 39.5 Å². The monoisotopic (exact) mass is 190 g/mol. The molecule has 0 amide bonds. The van der Waals surface area contributed by atoms with Crippen LogP contribution in [0.25, 0.3) is 0 Å². The zero-order valence-corrected chi connectivity index (χ0v) is 9.20. The van der Waals surface area contributed by atoms with Crippen LogP contribution < -0.4 is 0 Å². The lowest BCUT2D eigenvalue weighted by Crippen LogP contribution is -2.03. The van der Waals surface area contributed by atoms with Gasteiger partial charge in [0.25, 0.3) is 0 Å². The molecule has 0 heterocycles. The van der Waals surface area contributed by atoms with Gasteiger partial charge in [0.2, 0.25) is 0 Å². The van der Waals surface area contributed by atoms with E-state index >= 15 is 0 Å². The molecule has 0 aliphatic heterocycles. The molecule has 0 aromatic rings. The molecule has 2 heteroatoms. The molecule has 0 aliphatic rings. The highest BCUT2D eigenvalue weighted by molar-refractivity contribution is 7.99. The Bertz CT molecular complexity index is 85.9. The summed E-state index contributed by atoms with van der Waals surface area (Å²) in [6, 6.07) is 0. The Hall–Kier alpha value is 0.310. The van der Waals surface area contributed by atoms with Crippen LogP contribution in [0.4, 0.5) is 0 Å². The van der Waals surface area contributed by atoms with Gasteiger partial charge in [-0.3, -0.25) is 0 Å². The third kappa shape index (κ3) is 8.41. The molecule has 0 aromatic heterocycles. The maximum Gasteiger partial charge on any atom is 0.0464 e. The first-order chi connectivity index (χ1) is 5.81. The van der Waals surface area contributed by atoms with Crippen molar-refractivity contribution in [2.24, 2.45) is 5.92 Å². The second-order valence-electron chi connectivity index (χ2n) is 3.42. The van der Waals surface area contributed by atoms with E-state index < -0.39 is 0 Å². The summed E-state index contributed by atoms with van der Waals surface area (Å²) in [5, 5.41) is 8.76. The van der Waals surface area contributed by atoms with Crippen molar-refractivity contribution < 1.29 is 5.11 Å². The Kier molecular flexibility index (Phi) is 9.64. The van der Waals surface area contributed by atoms with Gasteiger partial charge in [-0.15, -0.1) is 0 Å². The standard InChI is InChI=1S/C10H22OS/c1-3-4-5-6-7-12-9-10(2)8-11/h10-11H,3-9H2,1-2H3. The van der Waals surface area contributed by atoms with Gasteiger partial charge < -0.3 is 5.11 Å². The van der Waals surface area contributed by atoms with E-state index in [1.807, 2.05) is 11.8 Å². The number of unbranched alkanes of at least 4 members (excludes halogenated alkanes) is 3. The Morgan fingerprint density at radius 2 is 2.00 bits per heavy atom. The second kappa shape index (κ2) is 9.40. The van der Waals surface area contributed by atoms with Crippen LogP contribution in [0.3, 0.4) is 0 Å². The van der Waals surface area contributed by atoms with E-state index in [1.165, 1.54) is 31.4 Å². The Balaban J connectivity index is 2.90. The second-order valence-corrected chi connectivity index (χ2v) is 4.57. The molecule has 0 fully saturated rings. The quantitative estimate of drug-likeness (QED) is 0.594. The molecule has 0 rings (SSSR count). The Labute approximate surface area is 80.9 Å². The zero-order valence-electron chi connectivity index (χ0n) is 8.38. The molecule has 0 radical (unpaired) electrons. The molecule has 0 bridgehead atoms. The molecule has 1 unspecified atom stereocenters. The van der Waals surface area contributed by atoms with E-state index in [0.29, 0.717) is 12.5 Å². The van der Waals surface area contributed by atoms with Crippen molar-refractivity contribution in [3.63, 3.8) is 0 Å². The van der Waals surface area contributed by atoms with E-state index in [4.69, 9.17) is 5.11 Å². The first-order valence-corrected chi connectivity index (χ1v) is 6.15. The molecule has 1 atom stereocenters. The van der Waals surface area contributed by atoms with Crippen molar-refractivity contribution in [1.82, 2.24) is 0 Å². The van der Waals surface area contributed by atoms with Crippen LogP contribution in [0, 0.1) is 5.92 Å². The minimum Gasteiger partial charge on any atom is -0.396 e. The smallest absolute Gasteiger partial charge is 0.0464 e. The molecule has 12 heavy (non-hydrogen) atoms. The SMILES string of the molecule is CCCCCCSCC(C)CO. The minimum atomic E-state index is 0.335. The van der Waals surface area contributed by atoms with Gasteiger partial charge in [-0.1, -0.05) is 33.1 Å². The lowest BCUT2D eigenvalue weighted by molar-refractivity contribution is 0.250. The minimum absolute atomic E-state index is 0.335. The topological polar surface area (TPSA) is 20.2 Å². The number of thioether (sulfide) groups is 1. The molecule has 0 aliphatic carbocycles. The predicted molar refractivity (Wildman–Crippen MR) is 57.7 cm³/mol. The summed E-state index contributed by atoms with van der Waals surface area (Å²) in [7, 11) is 0. The molecule has 0 saturated carbocycles. The lowest BCUT2D eigenvalue weighted by atomic mass is 10.2. The summed E-state index contributed by atoms with van der Waals surface area (Å²) >= 11 is 1.98. The van der Waals surface area contributed by atoms with Crippen LogP contribution in [-0.2, 0) is 0 Å². The van der Waals surface area contributed by atoms with Gasteiger partial charge in [-0.05, 0) is 23.8 Å². The number of hydrogen-bond acceptors (Lipinski definition) is 2. The summed E-state index contributed by atoms with van der Waals surface area (Å²) in [6.45, 7) is 4.67. The zero-order chi connectivity index (χ0) is 9.23. The Morgan fingerprint density at radius 3 is 2.58 bits per heavy atom. The van der Waals surface area contributed by atoms with Crippen molar-refractivity contribution in [2.45, 2.75) is 39.5 Å². The lowest BCUT2D eigenvalue weighted by Gasteiger charge is -2.06. The van der Waals surface area contributed by atoms with Gasteiger partial charge in [-0.2, -0.15) is 11.8 Å².